The molecule has 6 heteroatoms. The van der Waals surface area contributed by atoms with Crippen LogP contribution in [0.2, 0.25) is 0 Å². The summed E-state index contributed by atoms with van der Waals surface area (Å²) in [4.78, 5) is 14.1. The Morgan fingerprint density at radius 1 is 1.48 bits per heavy atom. The Balaban J connectivity index is 1.61. The van der Waals surface area contributed by atoms with Gasteiger partial charge in [0, 0.05) is 31.7 Å². The van der Waals surface area contributed by atoms with Gasteiger partial charge in [0.25, 0.3) is 0 Å². The number of amides is 2. The van der Waals surface area contributed by atoms with E-state index < -0.39 is 6.10 Å². The van der Waals surface area contributed by atoms with Gasteiger partial charge in [0.1, 0.15) is 0 Å². The van der Waals surface area contributed by atoms with Crippen molar-refractivity contribution < 1.29 is 9.90 Å². The van der Waals surface area contributed by atoms with Gasteiger partial charge < -0.3 is 15.7 Å². The summed E-state index contributed by atoms with van der Waals surface area (Å²) in [6, 6.07) is 2.87. The molecule has 1 heterocycles. The summed E-state index contributed by atoms with van der Waals surface area (Å²) in [5.74, 6) is 0. The third-order valence-electron chi connectivity index (χ3n) is 3.72. The summed E-state index contributed by atoms with van der Waals surface area (Å²) in [5, 5.41) is 19.2. The number of hydrogen-bond donors (Lipinski definition) is 3. The van der Waals surface area contributed by atoms with E-state index in [1.807, 2.05) is 16.8 Å². The Morgan fingerprint density at radius 3 is 2.81 bits per heavy atom. The second kappa shape index (κ2) is 7.77. The normalized spacial score (nSPS) is 16.2. The molecule has 21 heavy (non-hydrogen) atoms. The number of hydrogen-bond acceptors (Lipinski definition) is 4. The standard InChI is InChI=1S/C15H25N3O2S/c1-11(2)18(13-3-4-13)7-6-16-15(20)17-9-14(19)12-5-8-21-10-12/h5,8,10-11,13-14,19H,3-4,6-7,9H2,1-2H3,(H2,16,17,20). The Kier molecular flexibility index (Phi) is 6.02. The van der Waals surface area contributed by atoms with E-state index in [1.165, 1.54) is 24.2 Å². The lowest BCUT2D eigenvalue weighted by Crippen LogP contribution is -2.43. The molecule has 0 spiro atoms. The number of aliphatic hydroxyl groups is 1. The van der Waals surface area contributed by atoms with Crippen LogP contribution in [0, 0.1) is 0 Å². The second-order valence-electron chi connectivity index (χ2n) is 5.77. The number of urea groups is 1. The SMILES string of the molecule is CC(C)N(CCNC(=O)NCC(O)c1ccsc1)C1CC1. The minimum atomic E-state index is -0.638. The van der Waals surface area contributed by atoms with Crippen molar-refractivity contribution in [2.45, 2.75) is 44.9 Å². The lowest BCUT2D eigenvalue weighted by atomic mass is 10.2. The molecule has 2 rings (SSSR count). The summed E-state index contributed by atoms with van der Waals surface area (Å²) >= 11 is 1.54. The smallest absolute Gasteiger partial charge is 0.314 e. The van der Waals surface area contributed by atoms with Gasteiger partial charge in [-0.2, -0.15) is 11.3 Å². The molecule has 5 nitrogen and oxygen atoms in total. The van der Waals surface area contributed by atoms with Crippen molar-refractivity contribution in [2.75, 3.05) is 19.6 Å². The minimum Gasteiger partial charge on any atom is -0.387 e. The van der Waals surface area contributed by atoms with Crippen molar-refractivity contribution in [2.24, 2.45) is 0 Å². The number of thiophene rings is 1. The van der Waals surface area contributed by atoms with Crippen molar-refractivity contribution in [3.8, 4) is 0 Å². The second-order valence-corrected chi connectivity index (χ2v) is 6.55. The van der Waals surface area contributed by atoms with Crippen LogP contribution < -0.4 is 10.6 Å². The minimum absolute atomic E-state index is 0.219. The van der Waals surface area contributed by atoms with Gasteiger partial charge in [-0.3, -0.25) is 4.90 Å². The highest BCUT2D eigenvalue weighted by Gasteiger charge is 2.30. The van der Waals surface area contributed by atoms with Crippen LogP contribution in [0.3, 0.4) is 0 Å². The Bertz CT molecular complexity index is 430. The fourth-order valence-corrected chi connectivity index (χ4v) is 3.11. The number of nitrogens with zero attached hydrogens (tertiary/aromatic N) is 1. The number of aliphatic hydroxyl groups excluding tert-OH is 1. The summed E-state index contributed by atoms with van der Waals surface area (Å²) in [5.41, 5.74) is 0.847. The van der Waals surface area contributed by atoms with Gasteiger partial charge in [-0.15, -0.1) is 0 Å². The van der Waals surface area contributed by atoms with Gasteiger partial charge in [0.2, 0.25) is 0 Å². The maximum atomic E-state index is 11.7. The zero-order valence-electron chi connectivity index (χ0n) is 12.7. The average Bonchev–Trinajstić information content (AvgIpc) is 3.12. The molecule has 2 amide bonds. The number of nitrogens with one attached hydrogen (secondary N) is 2. The summed E-state index contributed by atoms with van der Waals surface area (Å²) in [6.07, 6.45) is 1.91. The van der Waals surface area contributed by atoms with Crippen LogP contribution in [0.1, 0.15) is 38.4 Å². The molecule has 118 valence electrons. The molecule has 1 aliphatic carbocycles. The van der Waals surface area contributed by atoms with Gasteiger partial charge in [0.05, 0.1) is 6.10 Å². The molecule has 1 saturated carbocycles. The van der Waals surface area contributed by atoms with E-state index in [1.54, 1.807) is 0 Å². The molecule has 0 aromatic carbocycles. The first-order chi connectivity index (χ1) is 10.1. The van der Waals surface area contributed by atoms with E-state index >= 15 is 0 Å². The first-order valence-corrected chi connectivity index (χ1v) is 8.50. The van der Waals surface area contributed by atoms with Gasteiger partial charge >= 0.3 is 6.03 Å². The molecular weight excluding hydrogens is 286 g/mol. The van der Waals surface area contributed by atoms with E-state index in [0.717, 1.165) is 12.1 Å². The van der Waals surface area contributed by atoms with Crippen LogP contribution in [0.25, 0.3) is 0 Å². The van der Waals surface area contributed by atoms with Crippen molar-refractivity contribution in [1.82, 2.24) is 15.5 Å². The van der Waals surface area contributed by atoms with Gasteiger partial charge in [-0.25, -0.2) is 4.79 Å². The maximum absolute atomic E-state index is 11.7. The molecule has 1 unspecified atom stereocenters. The molecule has 1 aromatic heterocycles. The van der Waals surface area contributed by atoms with E-state index in [-0.39, 0.29) is 12.6 Å². The lowest BCUT2D eigenvalue weighted by Gasteiger charge is -2.26. The van der Waals surface area contributed by atoms with Gasteiger partial charge in [-0.1, -0.05) is 0 Å². The first-order valence-electron chi connectivity index (χ1n) is 7.55. The number of carbonyl (C=O) groups is 1. The summed E-state index contributed by atoms with van der Waals surface area (Å²) in [6.45, 7) is 6.13. The van der Waals surface area contributed by atoms with Crippen LogP contribution in [0.15, 0.2) is 16.8 Å². The molecule has 0 aliphatic heterocycles. The van der Waals surface area contributed by atoms with E-state index in [2.05, 4.69) is 29.4 Å². The molecular formula is C15H25N3O2S. The first kappa shape index (κ1) is 16.3. The van der Waals surface area contributed by atoms with Gasteiger partial charge in [0.15, 0.2) is 0 Å². The monoisotopic (exact) mass is 311 g/mol. The fraction of sp³-hybridized carbons (Fsp3) is 0.667. The topological polar surface area (TPSA) is 64.6 Å². The maximum Gasteiger partial charge on any atom is 0.314 e. The predicted octanol–water partition coefficient (Wildman–Crippen LogP) is 1.95. The van der Waals surface area contributed by atoms with E-state index in [4.69, 9.17) is 0 Å². The molecule has 3 N–H and O–H groups in total. The number of carbonyl (C=O) groups excluding carboxylic acids is 1. The largest absolute Gasteiger partial charge is 0.387 e. The number of rotatable bonds is 8. The Hall–Kier alpha value is -1.11. The van der Waals surface area contributed by atoms with Crippen molar-refractivity contribution in [3.05, 3.63) is 22.4 Å². The molecule has 1 fully saturated rings. The third-order valence-corrected chi connectivity index (χ3v) is 4.42. The highest BCUT2D eigenvalue weighted by Crippen LogP contribution is 2.27. The molecule has 1 aliphatic rings. The van der Waals surface area contributed by atoms with Crippen LogP contribution in [0.5, 0.6) is 0 Å². The van der Waals surface area contributed by atoms with Crippen molar-refractivity contribution in [3.63, 3.8) is 0 Å². The van der Waals surface area contributed by atoms with Gasteiger partial charge in [-0.05, 0) is 49.1 Å². The van der Waals surface area contributed by atoms with Crippen LogP contribution in [-0.4, -0.2) is 47.8 Å². The van der Waals surface area contributed by atoms with E-state index in [9.17, 15) is 9.90 Å². The molecule has 1 aromatic rings. The predicted molar refractivity (Wildman–Crippen MR) is 85.5 cm³/mol. The summed E-state index contributed by atoms with van der Waals surface area (Å²) < 4.78 is 0. The zero-order valence-corrected chi connectivity index (χ0v) is 13.5. The van der Waals surface area contributed by atoms with Crippen molar-refractivity contribution in [1.29, 1.82) is 0 Å². The molecule has 0 radical (unpaired) electrons. The summed E-state index contributed by atoms with van der Waals surface area (Å²) in [7, 11) is 0. The molecule has 0 saturated heterocycles. The average molecular weight is 311 g/mol. The molecule has 1 atom stereocenters. The molecule has 0 bridgehead atoms. The zero-order chi connectivity index (χ0) is 15.2. The van der Waals surface area contributed by atoms with Crippen LogP contribution in [-0.2, 0) is 0 Å². The Labute approximate surface area is 130 Å². The third kappa shape index (κ3) is 5.30. The highest BCUT2D eigenvalue weighted by molar-refractivity contribution is 7.07. The highest BCUT2D eigenvalue weighted by atomic mass is 32.1. The quantitative estimate of drug-likeness (QED) is 0.687. The van der Waals surface area contributed by atoms with Crippen LogP contribution >= 0.6 is 11.3 Å². The van der Waals surface area contributed by atoms with Crippen molar-refractivity contribution >= 4 is 17.4 Å². The fourth-order valence-electron chi connectivity index (χ4n) is 2.40. The lowest BCUT2D eigenvalue weighted by molar-refractivity contribution is 0.172. The van der Waals surface area contributed by atoms with Crippen LogP contribution in [0.4, 0.5) is 4.79 Å². The van der Waals surface area contributed by atoms with E-state index in [0.29, 0.717) is 18.6 Å². The Morgan fingerprint density at radius 2 is 2.24 bits per heavy atom.